The number of sulfonamides is 1. The van der Waals surface area contributed by atoms with Gasteiger partial charge in [-0.15, -0.1) is 0 Å². The minimum atomic E-state index is -3.58. The summed E-state index contributed by atoms with van der Waals surface area (Å²) in [5.41, 5.74) is 0.777. The van der Waals surface area contributed by atoms with Crippen molar-refractivity contribution in [3.05, 3.63) is 30.1 Å². The lowest BCUT2D eigenvalue weighted by Gasteiger charge is -2.13. The summed E-state index contributed by atoms with van der Waals surface area (Å²) < 4.78 is 25.5. The van der Waals surface area contributed by atoms with Crippen LogP contribution in [0.4, 0.5) is 0 Å². The second-order valence-electron chi connectivity index (χ2n) is 3.58. The average Bonchev–Trinajstić information content (AvgIpc) is 2.27. The molecule has 1 atom stereocenters. The predicted octanol–water partition coefficient (Wildman–Crippen LogP) is 0.537. The number of aliphatic carboxylic acids is 1. The molecule has 1 aromatic heterocycles. The number of aromatic nitrogens is 1. The Hall–Kier alpha value is -1.47. The maximum Gasteiger partial charge on any atom is 0.304 e. The van der Waals surface area contributed by atoms with Gasteiger partial charge in [-0.3, -0.25) is 9.78 Å². The third-order valence-corrected chi connectivity index (χ3v) is 3.60. The zero-order chi connectivity index (χ0) is 12.9. The second-order valence-corrected chi connectivity index (χ2v) is 5.46. The van der Waals surface area contributed by atoms with Crippen molar-refractivity contribution in [1.82, 2.24) is 9.71 Å². The molecule has 0 radical (unpaired) electrons. The highest BCUT2D eigenvalue weighted by Crippen LogP contribution is 2.11. The van der Waals surface area contributed by atoms with Gasteiger partial charge in [-0.25, -0.2) is 13.1 Å². The van der Waals surface area contributed by atoms with E-state index in [2.05, 4.69) is 9.71 Å². The average molecular weight is 258 g/mol. The third-order valence-electron chi connectivity index (χ3n) is 2.15. The molecule has 7 heteroatoms. The highest BCUT2D eigenvalue weighted by molar-refractivity contribution is 7.89. The fraction of sp³-hybridized carbons (Fsp3) is 0.400. The van der Waals surface area contributed by atoms with Gasteiger partial charge in [0.15, 0.2) is 0 Å². The van der Waals surface area contributed by atoms with E-state index in [-0.39, 0.29) is 0 Å². The Morgan fingerprint density at radius 1 is 1.47 bits per heavy atom. The largest absolute Gasteiger partial charge is 0.481 e. The first-order chi connectivity index (χ1) is 7.91. The van der Waals surface area contributed by atoms with Crippen LogP contribution in [0, 0.1) is 0 Å². The van der Waals surface area contributed by atoms with E-state index in [4.69, 9.17) is 5.11 Å². The summed E-state index contributed by atoms with van der Waals surface area (Å²) >= 11 is 0. The van der Waals surface area contributed by atoms with E-state index in [1.165, 1.54) is 0 Å². The SMILES string of the molecule is C[C@H](NS(=O)(=O)CCC(=O)O)c1ccncc1. The Balaban J connectivity index is 2.62. The van der Waals surface area contributed by atoms with Crippen LogP contribution < -0.4 is 4.72 Å². The molecule has 0 saturated carbocycles. The topological polar surface area (TPSA) is 96.4 Å². The van der Waals surface area contributed by atoms with Gasteiger partial charge in [-0.2, -0.15) is 0 Å². The Morgan fingerprint density at radius 2 is 2.06 bits per heavy atom. The smallest absolute Gasteiger partial charge is 0.304 e. The van der Waals surface area contributed by atoms with E-state index in [0.717, 1.165) is 5.56 Å². The van der Waals surface area contributed by atoms with Gasteiger partial charge >= 0.3 is 5.97 Å². The van der Waals surface area contributed by atoms with Gasteiger partial charge in [0.1, 0.15) is 0 Å². The van der Waals surface area contributed by atoms with Gasteiger partial charge in [0, 0.05) is 18.4 Å². The Kier molecular flexibility index (Phi) is 4.59. The van der Waals surface area contributed by atoms with Crippen molar-refractivity contribution in [2.45, 2.75) is 19.4 Å². The summed E-state index contributed by atoms with van der Waals surface area (Å²) in [6.07, 6.45) is 2.73. The number of carbonyl (C=O) groups is 1. The molecule has 0 saturated heterocycles. The van der Waals surface area contributed by atoms with Gasteiger partial charge in [0.2, 0.25) is 10.0 Å². The van der Waals surface area contributed by atoms with Crippen LogP contribution in [0.15, 0.2) is 24.5 Å². The number of carboxylic acid groups (broad SMARTS) is 1. The van der Waals surface area contributed by atoms with Gasteiger partial charge in [0.25, 0.3) is 0 Å². The summed E-state index contributed by atoms with van der Waals surface area (Å²) in [7, 11) is -3.58. The van der Waals surface area contributed by atoms with Crippen molar-refractivity contribution in [2.75, 3.05) is 5.75 Å². The molecule has 94 valence electrons. The van der Waals surface area contributed by atoms with E-state index >= 15 is 0 Å². The number of rotatable bonds is 6. The molecule has 0 amide bonds. The molecule has 17 heavy (non-hydrogen) atoms. The van der Waals surface area contributed by atoms with Crippen molar-refractivity contribution in [2.24, 2.45) is 0 Å². The van der Waals surface area contributed by atoms with E-state index in [1.54, 1.807) is 31.5 Å². The highest BCUT2D eigenvalue weighted by atomic mass is 32.2. The Bertz CT molecular complexity index is 472. The van der Waals surface area contributed by atoms with Crippen LogP contribution in [0.2, 0.25) is 0 Å². The van der Waals surface area contributed by atoms with E-state index < -0.39 is 34.2 Å². The molecular weight excluding hydrogens is 244 g/mol. The Labute approximate surface area is 99.7 Å². The highest BCUT2D eigenvalue weighted by Gasteiger charge is 2.16. The third kappa shape index (κ3) is 4.92. The van der Waals surface area contributed by atoms with Crippen LogP contribution in [-0.4, -0.2) is 30.2 Å². The molecule has 1 aromatic rings. The van der Waals surface area contributed by atoms with Crippen LogP contribution in [-0.2, 0) is 14.8 Å². The second kappa shape index (κ2) is 5.74. The zero-order valence-electron chi connectivity index (χ0n) is 9.33. The molecule has 0 bridgehead atoms. The Morgan fingerprint density at radius 3 is 2.59 bits per heavy atom. The van der Waals surface area contributed by atoms with E-state index in [9.17, 15) is 13.2 Å². The van der Waals surface area contributed by atoms with Crippen molar-refractivity contribution < 1.29 is 18.3 Å². The van der Waals surface area contributed by atoms with E-state index in [1.807, 2.05) is 0 Å². The fourth-order valence-electron chi connectivity index (χ4n) is 1.27. The van der Waals surface area contributed by atoms with Crippen molar-refractivity contribution in [3.63, 3.8) is 0 Å². The summed E-state index contributed by atoms with van der Waals surface area (Å²) in [6, 6.07) is 2.99. The monoisotopic (exact) mass is 258 g/mol. The predicted molar refractivity (Wildman–Crippen MR) is 61.8 cm³/mol. The first-order valence-electron chi connectivity index (χ1n) is 5.02. The molecular formula is C10H14N2O4S. The van der Waals surface area contributed by atoms with Crippen LogP contribution in [0.1, 0.15) is 24.9 Å². The first-order valence-corrected chi connectivity index (χ1v) is 6.67. The van der Waals surface area contributed by atoms with Gasteiger partial charge in [0.05, 0.1) is 12.2 Å². The first kappa shape index (κ1) is 13.6. The molecule has 0 aromatic carbocycles. The standard InChI is InChI=1S/C10H14N2O4S/c1-8(9-2-5-11-6-3-9)12-17(15,16)7-4-10(13)14/h2-3,5-6,8,12H,4,7H2,1H3,(H,13,14)/t8-/m0/s1. The van der Waals surface area contributed by atoms with Crippen molar-refractivity contribution >= 4 is 16.0 Å². The summed E-state index contributed by atoms with van der Waals surface area (Å²) in [6.45, 7) is 1.69. The lowest BCUT2D eigenvalue weighted by Crippen LogP contribution is -2.30. The molecule has 0 aliphatic carbocycles. The molecule has 6 nitrogen and oxygen atoms in total. The molecule has 0 aliphatic heterocycles. The zero-order valence-corrected chi connectivity index (χ0v) is 10.1. The fourth-order valence-corrected chi connectivity index (χ4v) is 2.51. The number of carboxylic acids is 1. The molecule has 0 unspecified atom stereocenters. The van der Waals surface area contributed by atoms with Crippen LogP contribution in [0.3, 0.4) is 0 Å². The maximum absolute atomic E-state index is 11.5. The van der Waals surface area contributed by atoms with Crippen molar-refractivity contribution in [1.29, 1.82) is 0 Å². The molecule has 0 aliphatic rings. The maximum atomic E-state index is 11.5. The van der Waals surface area contributed by atoms with Crippen LogP contribution in [0.5, 0.6) is 0 Å². The number of nitrogens with zero attached hydrogens (tertiary/aromatic N) is 1. The van der Waals surface area contributed by atoms with E-state index in [0.29, 0.717) is 0 Å². The number of hydrogen-bond donors (Lipinski definition) is 2. The minimum Gasteiger partial charge on any atom is -0.481 e. The lowest BCUT2D eigenvalue weighted by molar-refractivity contribution is -0.136. The summed E-state index contributed by atoms with van der Waals surface area (Å²) in [5.74, 6) is -1.55. The molecule has 1 heterocycles. The minimum absolute atomic E-state index is 0.404. The van der Waals surface area contributed by atoms with Crippen LogP contribution in [0.25, 0.3) is 0 Å². The quantitative estimate of drug-likeness (QED) is 0.776. The molecule has 1 rings (SSSR count). The number of hydrogen-bond acceptors (Lipinski definition) is 4. The van der Waals surface area contributed by atoms with Gasteiger partial charge in [-0.05, 0) is 24.6 Å². The van der Waals surface area contributed by atoms with Crippen molar-refractivity contribution in [3.8, 4) is 0 Å². The summed E-state index contributed by atoms with van der Waals surface area (Å²) in [5, 5.41) is 8.43. The normalized spacial score (nSPS) is 13.2. The molecule has 0 fully saturated rings. The number of nitrogens with one attached hydrogen (secondary N) is 1. The molecule has 2 N–H and O–H groups in total. The van der Waals surface area contributed by atoms with Gasteiger partial charge < -0.3 is 5.11 Å². The lowest BCUT2D eigenvalue weighted by atomic mass is 10.1. The summed E-state index contributed by atoms with van der Waals surface area (Å²) in [4.78, 5) is 14.1. The molecule has 0 spiro atoms. The van der Waals surface area contributed by atoms with Gasteiger partial charge in [-0.1, -0.05) is 0 Å². The van der Waals surface area contributed by atoms with Crippen LogP contribution >= 0.6 is 0 Å². The number of pyridine rings is 1.